The van der Waals surface area contributed by atoms with E-state index in [2.05, 4.69) is 4.98 Å². The van der Waals surface area contributed by atoms with Gasteiger partial charge >= 0.3 is 6.18 Å². The molecule has 0 amide bonds. The van der Waals surface area contributed by atoms with E-state index in [1.807, 2.05) is 0 Å². The summed E-state index contributed by atoms with van der Waals surface area (Å²) in [6.45, 7) is -1.04. The Kier molecular flexibility index (Phi) is 4.95. The largest absolute Gasteiger partial charge is 0.401 e. The smallest absolute Gasteiger partial charge is 0.395 e. The first-order valence-corrected chi connectivity index (χ1v) is 5.28. The van der Waals surface area contributed by atoms with Crippen molar-refractivity contribution in [2.24, 2.45) is 7.05 Å². The molecule has 1 heterocycles. The molecule has 0 saturated carbocycles. The molecule has 0 saturated heterocycles. The topological polar surface area (TPSA) is 41.3 Å². The molecule has 17 heavy (non-hydrogen) atoms. The van der Waals surface area contributed by atoms with E-state index in [-0.39, 0.29) is 19.7 Å². The standard InChI is InChI=1S/C10H16F3N3O/c1-15-5-3-14-9(15)2-4-16(6-7-17)8-10(11,12)13/h3,5,17H,2,4,6-8H2,1H3. The minimum Gasteiger partial charge on any atom is -0.395 e. The Morgan fingerprint density at radius 1 is 1.41 bits per heavy atom. The average Bonchev–Trinajstić information content (AvgIpc) is 2.59. The monoisotopic (exact) mass is 251 g/mol. The Morgan fingerprint density at radius 2 is 2.12 bits per heavy atom. The van der Waals surface area contributed by atoms with E-state index in [0.717, 1.165) is 5.82 Å². The molecular formula is C10H16F3N3O. The van der Waals surface area contributed by atoms with E-state index in [0.29, 0.717) is 6.42 Å². The summed E-state index contributed by atoms with van der Waals surface area (Å²) < 4.78 is 38.5. The van der Waals surface area contributed by atoms with Crippen molar-refractivity contribution in [2.75, 3.05) is 26.2 Å². The maximum absolute atomic E-state index is 12.2. The van der Waals surface area contributed by atoms with Crippen LogP contribution in [0.4, 0.5) is 13.2 Å². The predicted octanol–water partition coefficient (Wildman–Crippen LogP) is 0.819. The van der Waals surface area contributed by atoms with E-state index in [9.17, 15) is 13.2 Å². The molecule has 0 fully saturated rings. The fourth-order valence-corrected chi connectivity index (χ4v) is 1.56. The number of nitrogens with zero attached hydrogens (tertiary/aromatic N) is 3. The second-order valence-corrected chi connectivity index (χ2v) is 3.82. The van der Waals surface area contributed by atoms with Gasteiger partial charge in [-0.05, 0) is 0 Å². The van der Waals surface area contributed by atoms with Crippen LogP contribution < -0.4 is 0 Å². The van der Waals surface area contributed by atoms with Gasteiger partial charge in [0.1, 0.15) is 5.82 Å². The molecule has 98 valence electrons. The van der Waals surface area contributed by atoms with Gasteiger partial charge in [0.05, 0.1) is 13.2 Å². The number of hydrogen-bond donors (Lipinski definition) is 1. The number of aliphatic hydroxyl groups is 1. The molecule has 4 nitrogen and oxygen atoms in total. The quantitative estimate of drug-likeness (QED) is 0.813. The lowest BCUT2D eigenvalue weighted by atomic mass is 10.3. The maximum atomic E-state index is 12.2. The van der Waals surface area contributed by atoms with Crippen LogP contribution in [0.1, 0.15) is 5.82 Å². The van der Waals surface area contributed by atoms with Crippen molar-refractivity contribution in [3.05, 3.63) is 18.2 Å². The van der Waals surface area contributed by atoms with Gasteiger partial charge in [-0.2, -0.15) is 13.2 Å². The van der Waals surface area contributed by atoms with E-state index < -0.39 is 12.7 Å². The van der Waals surface area contributed by atoms with E-state index >= 15 is 0 Å². The third-order valence-electron chi connectivity index (χ3n) is 2.39. The molecule has 0 aromatic carbocycles. The molecule has 0 unspecified atom stereocenters. The zero-order valence-corrected chi connectivity index (χ0v) is 9.61. The summed E-state index contributed by atoms with van der Waals surface area (Å²) in [6.07, 6.45) is -0.457. The summed E-state index contributed by atoms with van der Waals surface area (Å²) in [5.74, 6) is 0.732. The normalized spacial score (nSPS) is 12.4. The van der Waals surface area contributed by atoms with Crippen molar-refractivity contribution in [1.29, 1.82) is 0 Å². The second-order valence-electron chi connectivity index (χ2n) is 3.82. The zero-order chi connectivity index (χ0) is 12.9. The number of aliphatic hydroxyl groups excluding tert-OH is 1. The Bertz CT molecular complexity index is 338. The van der Waals surface area contributed by atoms with Gasteiger partial charge in [0.2, 0.25) is 0 Å². The minimum absolute atomic E-state index is 0.0178. The number of aryl methyl sites for hydroxylation is 1. The van der Waals surface area contributed by atoms with Crippen molar-refractivity contribution in [2.45, 2.75) is 12.6 Å². The van der Waals surface area contributed by atoms with Crippen molar-refractivity contribution in [1.82, 2.24) is 14.5 Å². The number of hydrogen-bond acceptors (Lipinski definition) is 3. The molecule has 0 aliphatic rings. The Labute approximate surface area is 97.7 Å². The molecule has 0 atom stereocenters. The van der Waals surface area contributed by atoms with Crippen molar-refractivity contribution >= 4 is 0 Å². The molecule has 1 aromatic rings. The van der Waals surface area contributed by atoms with Crippen LogP contribution >= 0.6 is 0 Å². The van der Waals surface area contributed by atoms with Gasteiger partial charge in [0, 0.05) is 39.0 Å². The highest BCUT2D eigenvalue weighted by atomic mass is 19.4. The summed E-state index contributed by atoms with van der Waals surface area (Å²) in [4.78, 5) is 5.21. The van der Waals surface area contributed by atoms with Crippen molar-refractivity contribution < 1.29 is 18.3 Å². The lowest BCUT2D eigenvalue weighted by Crippen LogP contribution is -2.37. The average molecular weight is 251 g/mol. The molecule has 0 aliphatic heterocycles. The predicted molar refractivity (Wildman–Crippen MR) is 56.5 cm³/mol. The fraction of sp³-hybridized carbons (Fsp3) is 0.700. The van der Waals surface area contributed by atoms with Crippen LogP contribution in [0.3, 0.4) is 0 Å². The van der Waals surface area contributed by atoms with Crippen molar-refractivity contribution in [3.8, 4) is 0 Å². The van der Waals surface area contributed by atoms with Crippen LogP contribution in [0.25, 0.3) is 0 Å². The molecule has 0 aliphatic carbocycles. The molecule has 0 spiro atoms. The maximum Gasteiger partial charge on any atom is 0.401 e. The van der Waals surface area contributed by atoms with Crippen LogP contribution in [-0.2, 0) is 13.5 Å². The number of rotatable bonds is 6. The molecule has 0 radical (unpaired) electrons. The molecule has 7 heteroatoms. The second kappa shape index (κ2) is 6.02. The van der Waals surface area contributed by atoms with E-state index in [1.165, 1.54) is 4.90 Å². The van der Waals surface area contributed by atoms with Crippen LogP contribution in [0.15, 0.2) is 12.4 Å². The summed E-state index contributed by atoms with van der Waals surface area (Å²) in [5.41, 5.74) is 0. The van der Waals surface area contributed by atoms with Crippen LogP contribution in [0.5, 0.6) is 0 Å². The van der Waals surface area contributed by atoms with Gasteiger partial charge in [-0.3, -0.25) is 4.90 Å². The third-order valence-corrected chi connectivity index (χ3v) is 2.39. The van der Waals surface area contributed by atoms with Gasteiger partial charge in [0.15, 0.2) is 0 Å². The highest BCUT2D eigenvalue weighted by Crippen LogP contribution is 2.16. The number of imidazole rings is 1. The highest BCUT2D eigenvalue weighted by molar-refractivity contribution is 4.91. The Hall–Kier alpha value is -1.08. The van der Waals surface area contributed by atoms with Crippen LogP contribution in [0.2, 0.25) is 0 Å². The fourth-order valence-electron chi connectivity index (χ4n) is 1.56. The van der Waals surface area contributed by atoms with Crippen molar-refractivity contribution in [3.63, 3.8) is 0 Å². The summed E-state index contributed by atoms with van der Waals surface area (Å²) >= 11 is 0. The summed E-state index contributed by atoms with van der Waals surface area (Å²) in [6, 6.07) is 0. The van der Waals surface area contributed by atoms with E-state index in [1.54, 1.807) is 24.0 Å². The lowest BCUT2D eigenvalue weighted by molar-refractivity contribution is -0.146. The van der Waals surface area contributed by atoms with Gasteiger partial charge in [-0.15, -0.1) is 0 Å². The van der Waals surface area contributed by atoms with Gasteiger partial charge in [-0.1, -0.05) is 0 Å². The Balaban J connectivity index is 2.47. The van der Waals surface area contributed by atoms with Gasteiger partial charge < -0.3 is 9.67 Å². The first kappa shape index (κ1) is 14.0. The molecular weight excluding hydrogens is 235 g/mol. The summed E-state index contributed by atoms with van der Waals surface area (Å²) in [5, 5.41) is 8.72. The minimum atomic E-state index is -4.24. The lowest BCUT2D eigenvalue weighted by Gasteiger charge is -2.22. The summed E-state index contributed by atoms with van der Waals surface area (Å²) in [7, 11) is 1.79. The first-order chi connectivity index (χ1) is 7.92. The van der Waals surface area contributed by atoms with Gasteiger partial charge in [-0.25, -0.2) is 4.98 Å². The van der Waals surface area contributed by atoms with Gasteiger partial charge in [0.25, 0.3) is 0 Å². The van der Waals surface area contributed by atoms with Crippen LogP contribution in [0, 0.1) is 0 Å². The van der Waals surface area contributed by atoms with E-state index in [4.69, 9.17) is 5.11 Å². The number of alkyl halides is 3. The molecule has 1 N–H and O–H groups in total. The highest BCUT2D eigenvalue weighted by Gasteiger charge is 2.30. The Morgan fingerprint density at radius 3 is 2.59 bits per heavy atom. The number of aromatic nitrogens is 2. The number of halogens is 3. The first-order valence-electron chi connectivity index (χ1n) is 5.28. The third kappa shape index (κ3) is 5.18. The molecule has 1 rings (SSSR count). The van der Waals surface area contributed by atoms with Crippen LogP contribution in [-0.4, -0.2) is 52.0 Å². The molecule has 1 aromatic heterocycles. The SMILES string of the molecule is Cn1ccnc1CCN(CCO)CC(F)(F)F. The molecule has 0 bridgehead atoms. The zero-order valence-electron chi connectivity index (χ0n) is 9.61.